The van der Waals surface area contributed by atoms with Crippen molar-refractivity contribution in [1.29, 1.82) is 5.26 Å². The number of halogens is 1. The van der Waals surface area contributed by atoms with Crippen LogP contribution in [-0.4, -0.2) is 41.4 Å². The fraction of sp³-hybridized carbons (Fsp3) is 0.467. The molecule has 1 aliphatic heterocycles. The van der Waals surface area contributed by atoms with Gasteiger partial charge in [0.25, 0.3) is 0 Å². The molecule has 1 N–H and O–H groups in total. The number of cyclic esters (lactones) is 1. The summed E-state index contributed by atoms with van der Waals surface area (Å²) in [5.74, 6) is 0.00509. The van der Waals surface area contributed by atoms with Gasteiger partial charge in [-0.25, -0.2) is 19.2 Å². The molecule has 208 valence electrons. The Bertz CT molecular complexity index is 1490. The van der Waals surface area contributed by atoms with Gasteiger partial charge < -0.3 is 9.84 Å². The smallest absolute Gasteiger partial charge is 0.338 e. The zero-order valence-electron chi connectivity index (χ0n) is 23.0. The minimum absolute atomic E-state index is 0.00417. The Morgan fingerprint density at radius 1 is 1.27 bits per heavy atom. The van der Waals surface area contributed by atoms with Crippen LogP contribution in [0.5, 0.6) is 0 Å². The summed E-state index contributed by atoms with van der Waals surface area (Å²) < 4.78 is 22.7. The molecule has 0 radical (unpaired) electrons. The third-order valence-electron chi connectivity index (χ3n) is 8.26. The van der Waals surface area contributed by atoms with Crippen LogP contribution in [0.4, 0.5) is 4.39 Å². The van der Waals surface area contributed by atoms with Crippen LogP contribution in [0, 0.1) is 23.1 Å². The number of aliphatic hydroxyl groups is 1. The second-order valence-electron chi connectivity index (χ2n) is 11.3. The first-order valence-corrected chi connectivity index (χ1v) is 13.6. The Morgan fingerprint density at radius 3 is 2.70 bits per heavy atom. The number of carbonyl (C=O) groups excluding carboxylic acids is 1. The normalized spacial score (nSPS) is 20.0. The van der Waals surface area contributed by atoms with Crippen molar-refractivity contribution in [3.8, 4) is 17.6 Å². The van der Waals surface area contributed by atoms with Crippen molar-refractivity contribution < 1.29 is 19.0 Å². The summed E-state index contributed by atoms with van der Waals surface area (Å²) in [4.78, 5) is 26.2. The molecule has 10 heteroatoms. The summed E-state index contributed by atoms with van der Waals surface area (Å²) in [6, 6.07) is 7.10. The number of benzene rings is 1. The maximum Gasteiger partial charge on any atom is 0.338 e. The predicted molar refractivity (Wildman–Crippen MR) is 144 cm³/mol. The van der Waals surface area contributed by atoms with Crippen LogP contribution in [0.1, 0.15) is 69.3 Å². The number of ether oxygens (including phenoxy) is 1. The number of rotatable bonds is 8. The van der Waals surface area contributed by atoms with Crippen molar-refractivity contribution in [2.75, 3.05) is 0 Å². The highest BCUT2D eigenvalue weighted by molar-refractivity contribution is 5.90. The molecular weight excluding hydrogens is 511 g/mol. The molecule has 1 fully saturated rings. The lowest BCUT2D eigenvalue weighted by Gasteiger charge is -2.42. The molecule has 1 atom stereocenters. The molecule has 40 heavy (non-hydrogen) atoms. The van der Waals surface area contributed by atoms with E-state index in [0.29, 0.717) is 35.7 Å². The average Bonchev–Trinajstić information content (AvgIpc) is 3.61. The molecular formula is C30H33FN6O3. The highest BCUT2D eigenvalue weighted by Crippen LogP contribution is 2.46. The van der Waals surface area contributed by atoms with Crippen LogP contribution in [0.3, 0.4) is 0 Å². The van der Waals surface area contributed by atoms with E-state index in [1.807, 2.05) is 6.07 Å². The van der Waals surface area contributed by atoms with Crippen LogP contribution in [0.15, 0.2) is 48.1 Å². The van der Waals surface area contributed by atoms with Crippen molar-refractivity contribution >= 4 is 5.97 Å². The van der Waals surface area contributed by atoms with E-state index < -0.39 is 22.8 Å². The number of nitriles is 1. The minimum atomic E-state index is -0.933. The number of aromatic nitrogens is 5. The van der Waals surface area contributed by atoms with Crippen LogP contribution >= 0.6 is 0 Å². The fourth-order valence-electron chi connectivity index (χ4n) is 5.88. The Labute approximate surface area is 232 Å². The second kappa shape index (κ2) is 10.8. The number of hydrogen-bond donors (Lipinski definition) is 1. The zero-order chi connectivity index (χ0) is 28.5. The van der Waals surface area contributed by atoms with Crippen molar-refractivity contribution in [3.05, 3.63) is 70.9 Å². The monoisotopic (exact) mass is 544 g/mol. The van der Waals surface area contributed by atoms with Gasteiger partial charge in [-0.2, -0.15) is 5.26 Å². The zero-order valence-corrected chi connectivity index (χ0v) is 23.0. The first kappa shape index (κ1) is 27.4. The summed E-state index contributed by atoms with van der Waals surface area (Å²) in [6.45, 7) is 3.37. The first-order chi connectivity index (χ1) is 19.1. The number of carbonyl (C=O) groups is 1. The van der Waals surface area contributed by atoms with E-state index >= 15 is 0 Å². The third-order valence-corrected chi connectivity index (χ3v) is 8.26. The lowest BCUT2D eigenvalue weighted by Crippen LogP contribution is -2.46. The summed E-state index contributed by atoms with van der Waals surface area (Å²) in [5.41, 5.74) is -0.0125. The fourth-order valence-corrected chi connectivity index (χ4v) is 5.88. The Morgan fingerprint density at radius 2 is 2.05 bits per heavy atom. The number of esters is 1. The summed E-state index contributed by atoms with van der Waals surface area (Å²) in [7, 11) is 1.72. The van der Waals surface area contributed by atoms with Gasteiger partial charge in [0, 0.05) is 37.8 Å². The molecule has 1 saturated carbocycles. The number of aryl methyl sites for hydroxylation is 2. The molecule has 1 unspecified atom stereocenters. The summed E-state index contributed by atoms with van der Waals surface area (Å²) >= 11 is 0. The van der Waals surface area contributed by atoms with E-state index in [4.69, 9.17) is 4.74 Å². The second-order valence-corrected chi connectivity index (χ2v) is 11.3. The molecule has 9 nitrogen and oxygen atoms in total. The van der Waals surface area contributed by atoms with Crippen molar-refractivity contribution in [3.63, 3.8) is 0 Å². The maximum absolute atomic E-state index is 14.9. The van der Waals surface area contributed by atoms with Gasteiger partial charge >= 0.3 is 5.97 Å². The van der Waals surface area contributed by atoms with Crippen LogP contribution < -0.4 is 0 Å². The maximum atomic E-state index is 14.9. The SMILES string of the molecule is Cn1nc(-c2cnccn2)nc1CC1=C(O)CC(CCc2ccc(C(C)(C)C#N)c(F)c2)(C2CCCC2)OC1=O. The van der Waals surface area contributed by atoms with Crippen molar-refractivity contribution in [2.45, 2.75) is 76.2 Å². The van der Waals surface area contributed by atoms with Crippen LogP contribution in [0.2, 0.25) is 0 Å². The molecule has 0 bridgehead atoms. The van der Waals surface area contributed by atoms with Crippen molar-refractivity contribution in [2.24, 2.45) is 13.0 Å². The molecule has 1 aliphatic carbocycles. The lowest BCUT2D eigenvalue weighted by molar-refractivity contribution is -0.167. The highest BCUT2D eigenvalue weighted by atomic mass is 19.1. The predicted octanol–water partition coefficient (Wildman–Crippen LogP) is 5.08. The van der Waals surface area contributed by atoms with Gasteiger partial charge in [-0.05, 0) is 57.1 Å². The summed E-state index contributed by atoms with van der Waals surface area (Å²) in [6.07, 6.45) is 9.77. The number of hydrogen-bond acceptors (Lipinski definition) is 8. The van der Waals surface area contributed by atoms with Gasteiger partial charge in [-0.1, -0.05) is 25.0 Å². The molecule has 3 aromatic rings. The van der Waals surface area contributed by atoms with E-state index in [0.717, 1.165) is 31.2 Å². The summed E-state index contributed by atoms with van der Waals surface area (Å²) in [5, 5.41) is 25.0. The van der Waals surface area contributed by atoms with Gasteiger partial charge in [-0.15, -0.1) is 5.10 Å². The van der Waals surface area contributed by atoms with E-state index in [9.17, 15) is 19.6 Å². The largest absolute Gasteiger partial charge is 0.512 e. The van der Waals surface area contributed by atoms with Gasteiger partial charge in [0.2, 0.25) is 5.82 Å². The molecule has 3 heterocycles. The Kier molecular flexibility index (Phi) is 7.41. The topological polar surface area (TPSA) is 127 Å². The van der Waals surface area contributed by atoms with Gasteiger partial charge in [0.15, 0.2) is 0 Å². The molecule has 2 aliphatic rings. The van der Waals surface area contributed by atoms with E-state index in [-0.39, 0.29) is 30.1 Å². The van der Waals surface area contributed by atoms with Crippen LogP contribution in [0.25, 0.3) is 11.5 Å². The van der Waals surface area contributed by atoms with Crippen LogP contribution in [-0.2, 0) is 34.8 Å². The minimum Gasteiger partial charge on any atom is -0.512 e. The quantitative estimate of drug-likeness (QED) is 0.389. The molecule has 0 saturated heterocycles. The third kappa shape index (κ3) is 5.33. The molecule has 0 amide bonds. The lowest BCUT2D eigenvalue weighted by atomic mass is 9.76. The first-order valence-electron chi connectivity index (χ1n) is 13.6. The van der Waals surface area contributed by atoms with Gasteiger partial charge in [0.05, 0.1) is 23.3 Å². The van der Waals surface area contributed by atoms with Gasteiger partial charge in [0.1, 0.15) is 28.7 Å². The van der Waals surface area contributed by atoms with Gasteiger partial charge in [-0.3, -0.25) is 9.67 Å². The molecule has 2 aromatic heterocycles. The highest BCUT2D eigenvalue weighted by Gasteiger charge is 2.48. The van der Waals surface area contributed by atoms with E-state index in [1.165, 1.54) is 6.07 Å². The molecule has 1 aromatic carbocycles. The number of nitrogens with zero attached hydrogens (tertiary/aromatic N) is 6. The van der Waals surface area contributed by atoms with E-state index in [2.05, 4.69) is 26.1 Å². The Balaban J connectivity index is 1.38. The molecule has 5 rings (SSSR count). The van der Waals surface area contributed by atoms with E-state index in [1.54, 1.807) is 50.2 Å². The Hall–Kier alpha value is -4.13. The number of aliphatic hydroxyl groups excluding tert-OH is 1. The average molecular weight is 545 g/mol. The molecule has 0 spiro atoms. The van der Waals surface area contributed by atoms with Crippen molar-refractivity contribution in [1.82, 2.24) is 24.7 Å². The standard InChI is InChI=1S/C30H33FN6O3/c1-29(2,18-32)22-9-8-19(14-23(22)31)10-11-30(20-6-4-5-7-20)16-25(38)21(28(39)40-30)15-26-35-27(36-37(26)3)24-17-33-12-13-34-24/h8-9,12-14,17,20,38H,4-7,10-11,15-16H2,1-3H3.